The molecule has 136 valence electrons. The van der Waals surface area contributed by atoms with Crippen LogP contribution in [0.3, 0.4) is 0 Å². The Morgan fingerprint density at radius 1 is 1.31 bits per heavy atom. The number of hydrogen-bond donors (Lipinski definition) is 0. The van der Waals surface area contributed by atoms with Gasteiger partial charge in [-0.05, 0) is 50.8 Å². The molecule has 0 saturated carbocycles. The summed E-state index contributed by atoms with van der Waals surface area (Å²) in [7, 11) is 0. The molecule has 1 saturated heterocycles. The van der Waals surface area contributed by atoms with Crippen molar-refractivity contribution in [3.63, 3.8) is 0 Å². The van der Waals surface area contributed by atoms with E-state index in [0.717, 1.165) is 37.0 Å². The molecule has 0 radical (unpaired) electrons. The summed E-state index contributed by atoms with van der Waals surface area (Å²) in [6.07, 6.45) is 5.48. The zero-order chi connectivity index (χ0) is 18.3. The molecule has 1 amide bonds. The lowest BCUT2D eigenvalue weighted by atomic mass is 9.98. The maximum Gasteiger partial charge on any atom is 0.254 e. The smallest absolute Gasteiger partial charge is 0.254 e. The minimum atomic E-state index is 0.0559. The van der Waals surface area contributed by atoms with Crippen LogP contribution >= 0.6 is 0 Å². The fraction of sp³-hybridized carbons (Fsp3) is 0.450. The molecule has 0 bridgehead atoms. The molecule has 3 aromatic heterocycles. The van der Waals surface area contributed by atoms with Crippen LogP contribution in [0, 0.1) is 5.92 Å². The van der Waals surface area contributed by atoms with Crippen molar-refractivity contribution in [3.05, 3.63) is 36.2 Å². The SMILES string of the molecule is CC1CCN(C(=O)c2cc(-c3ccco3)nc3c2cnn3C(C)C)CC1. The van der Waals surface area contributed by atoms with Crippen LogP contribution < -0.4 is 0 Å². The average molecular weight is 352 g/mol. The van der Waals surface area contributed by atoms with Gasteiger partial charge in [0.15, 0.2) is 11.4 Å². The third kappa shape index (κ3) is 2.89. The Morgan fingerprint density at radius 2 is 2.08 bits per heavy atom. The van der Waals surface area contributed by atoms with Crippen molar-refractivity contribution in [2.24, 2.45) is 5.92 Å². The van der Waals surface area contributed by atoms with Gasteiger partial charge in [-0.1, -0.05) is 6.92 Å². The standard InChI is InChI=1S/C20H24N4O2/c1-13(2)24-19-16(12-21-24)15(11-17(22-19)18-5-4-10-26-18)20(25)23-8-6-14(3)7-9-23/h4-5,10-14H,6-9H2,1-3H3. The summed E-state index contributed by atoms with van der Waals surface area (Å²) in [5.74, 6) is 1.39. The molecule has 1 fully saturated rings. The highest BCUT2D eigenvalue weighted by Crippen LogP contribution is 2.28. The Hall–Kier alpha value is -2.63. The Bertz CT molecular complexity index is 919. The van der Waals surface area contributed by atoms with Gasteiger partial charge in [-0.15, -0.1) is 0 Å². The summed E-state index contributed by atoms with van der Waals surface area (Å²) in [5.41, 5.74) is 2.05. The van der Waals surface area contributed by atoms with Crippen LogP contribution in [0.4, 0.5) is 0 Å². The molecule has 26 heavy (non-hydrogen) atoms. The summed E-state index contributed by atoms with van der Waals surface area (Å²) in [6, 6.07) is 5.69. The van der Waals surface area contributed by atoms with Crippen molar-refractivity contribution in [1.29, 1.82) is 0 Å². The number of carbonyl (C=O) groups excluding carboxylic acids is 1. The topological polar surface area (TPSA) is 64.2 Å². The lowest BCUT2D eigenvalue weighted by Crippen LogP contribution is -2.38. The van der Waals surface area contributed by atoms with E-state index in [1.165, 1.54) is 0 Å². The average Bonchev–Trinajstić information content (AvgIpc) is 3.30. The van der Waals surface area contributed by atoms with Gasteiger partial charge < -0.3 is 9.32 Å². The second kappa shape index (κ2) is 6.59. The Morgan fingerprint density at radius 3 is 2.73 bits per heavy atom. The van der Waals surface area contributed by atoms with Gasteiger partial charge in [0.05, 0.1) is 23.4 Å². The van der Waals surface area contributed by atoms with E-state index < -0.39 is 0 Å². The van der Waals surface area contributed by atoms with Crippen LogP contribution in [0.25, 0.3) is 22.5 Å². The van der Waals surface area contributed by atoms with Crippen LogP contribution in [-0.4, -0.2) is 38.7 Å². The maximum atomic E-state index is 13.3. The van der Waals surface area contributed by atoms with Crippen molar-refractivity contribution in [3.8, 4) is 11.5 Å². The van der Waals surface area contributed by atoms with E-state index in [4.69, 9.17) is 9.40 Å². The number of aromatic nitrogens is 3. The number of rotatable bonds is 3. The first-order valence-electron chi connectivity index (χ1n) is 9.26. The van der Waals surface area contributed by atoms with Crippen molar-refractivity contribution in [2.45, 2.75) is 39.7 Å². The number of piperidine rings is 1. The van der Waals surface area contributed by atoms with Gasteiger partial charge in [0, 0.05) is 19.1 Å². The predicted octanol–water partition coefficient (Wildman–Crippen LogP) is 4.14. The minimum absolute atomic E-state index is 0.0559. The molecule has 4 rings (SSSR count). The van der Waals surface area contributed by atoms with E-state index in [1.54, 1.807) is 12.5 Å². The van der Waals surface area contributed by atoms with Gasteiger partial charge in [-0.25, -0.2) is 9.67 Å². The van der Waals surface area contributed by atoms with E-state index in [9.17, 15) is 4.79 Å². The second-order valence-electron chi connectivity index (χ2n) is 7.43. The molecule has 1 aliphatic rings. The molecular formula is C20H24N4O2. The van der Waals surface area contributed by atoms with Gasteiger partial charge in [0.2, 0.25) is 0 Å². The van der Waals surface area contributed by atoms with E-state index in [2.05, 4.69) is 25.9 Å². The van der Waals surface area contributed by atoms with Crippen molar-refractivity contribution >= 4 is 16.9 Å². The molecule has 0 spiro atoms. The molecule has 0 aliphatic carbocycles. The quantitative estimate of drug-likeness (QED) is 0.710. The lowest BCUT2D eigenvalue weighted by molar-refractivity contribution is 0.0699. The first kappa shape index (κ1) is 16.8. The molecule has 4 heterocycles. The van der Waals surface area contributed by atoms with Crippen LogP contribution in [0.15, 0.2) is 35.1 Å². The molecule has 6 heteroatoms. The highest BCUT2D eigenvalue weighted by molar-refractivity contribution is 6.06. The molecular weight excluding hydrogens is 328 g/mol. The number of carbonyl (C=O) groups is 1. The van der Waals surface area contributed by atoms with Gasteiger partial charge in [0.25, 0.3) is 5.91 Å². The minimum Gasteiger partial charge on any atom is -0.463 e. The predicted molar refractivity (Wildman–Crippen MR) is 99.9 cm³/mol. The third-order valence-corrected chi connectivity index (χ3v) is 5.13. The van der Waals surface area contributed by atoms with Gasteiger partial charge in [-0.3, -0.25) is 4.79 Å². The normalized spacial score (nSPS) is 15.9. The van der Waals surface area contributed by atoms with E-state index in [1.807, 2.05) is 27.8 Å². The van der Waals surface area contributed by atoms with Gasteiger partial charge >= 0.3 is 0 Å². The molecule has 0 N–H and O–H groups in total. The summed E-state index contributed by atoms with van der Waals surface area (Å²) >= 11 is 0. The summed E-state index contributed by atoms with van der Waals surface area (Å²) in [6.45, 7) is 7.97. The van der Waals surface area contributed by atoms with Crippen LogP contribution in [0.2, 0.25) is 0 Å². The fourth-order valence-corrected chi connectivity index (χ4v) is 3.51. The number of pyridine rings is 1. The largest absolute Gasteiger partial charge is 0.463 e. The molecule has 0 unspecified atom stereocenters. The molecule has 1 aliphatic heterocycles. The first-order valence-corrected chi connectivity index (χ1v) is 9.26. The third-order valence-electron chi connectivity index (χ3n) is 5.13. The molecule has 0 aromatic carbocycles. The van der Waals surface area contributed by atoms with Crippen molar-refractivity contribution < 1.29 is 9.21 Å². The Kier molecular flexibility index (Phi) is 4.26. The monoisotopic (exact) mass is 352 g/mol. The van der Waals surface area contributed by atoms with Crippen molar-refractivity contribution in [1.82, 2.24) is 19.7 Å². The number of furan rings is 1. The van der Waals surface area contributed by atoms with Crippen LogP contribution in [-0.2, 0) is 0 Å². The van der Waals surface area contributed by atoms with E-state index in [0.29, 0.717) is 22.9 Å². The van der Waals surface area contributed by atoms with E-state index >= 15 is 0 Å². The van der Waals surface area contributed by atoms with Gasteiger partial charge in [0.1, 0.15) is 5.69 Å². The first-order chi connectivity index (χ1) is 12.5. The zero-order valence-corrected chi connectivity index (χ0v) is 15.5. The van der Waals surface area contributed by atoms with Gasteiger partial charge in [-0.2, -0.15) is 5.10 Å². The second-order valence-corrected chi connectivity index (χ2v) is 7.43. The van der Waals surface area contributed by atoms with Crippen LogP contribution in [0.1, 0.15) is 50.0 Å². The number of amides is 1. The van der Waals surface area contributed by atoms with Crippen LogP contribution in [0.5, 0.6) is 0 Å². The summed E-state index contributed by atoms with van der Waals surface area (Å²) < 4.78 is 7.38. The maximum absolute atomic E-state index is 13.3. The zero-order valence-electron chi connectivity index (χ0n) is 15.5. The molecule has 3 aromatic rings. The lowest BCUT2D eigenvalue weighted by Gasteiger charge is -2.30. The van der Waals surface area contributed by atoms with E-state index in [-0.39, 0.29) is 11.9 Å². The summed E-state index contributed by atoms with van der Waals surface area (Å²) in [5, 5.41) is 5.27. The Balaban J connectivity index is 1.83. The fourth-order valence-electron chi connectivity index (χ4n) is 3.51. The number of nitrogens with zero attached hydrogens (tertiary/aromatic N) is 4. The highest BCUT2D eigenvalue weighted by Gasteiger charge is 2.25. The number of fused-ring (bicyclic) bond motifs is 1. The molecule has 6 nitrogen and oxygen atoms in total. The highest BCUT2D eigenvalue weighted by atomic mass is 16.3. The van der Waals surface area contributed by atoms with Crippen molar-refractivity contribution in [2.75, 3.05) is 13.1 Å². The molecule has 0 atom stereocenters. The number of likely N-dealkylation sites (tertiary alicyclic amines) is 1. The Labute approximate surface area is 152 Å². The number of hydrogen-bond acceptors (Lipinski definition) is 4. The summed E-state index contributed by atoms with van der Waals surface area (Å²) in [4.78, 5) is 19.9.